The molecule has 0 heterocycles. The summed E-state index contributed by atoms with van der Waals surface area (Å²) in [5.41, 5.74) is 0.587. The molecule has 0 bridgehead atoms. The van der Waals surface area contributed by atoms with Crippen LogP contribution in [0.3, 0.4) is 0 Å². The molecule has 0 aliphatic heterocycles. The molecule has 0 aromatic carbocycles. The van der Waals surface area contributed by atoms with E-state index in [4.69, 9.17) is 0 Å². The summed E-state index contributed by atoms with van der Waals surface area (Å²) < 4.78 is 0. The molecule has 0 amide bonds. The van der Waals surface area contributed by atoms with Crippen molar-refractivity contribution < 1.29 is 0 Å². The second-order valence-electron chi connectivity index (χ2n) is 3.17. The Morgan fingerprint density at radius 2 is 1.71 bits per heavy atom. The lowest BCUT2D eigenvalue weighted by Gasteiger charge is -2.15. The first-order valence-electron chi connectivity index (χ1n) is 2.84. The van der Waals surface area contributed by atoms with E-state index in [0.29, 0.717) is 14.9 Å². The minimum absolute atomic E-state index is 0.587. The minimum Gasteiger partial charge on any atom is -0.0741 e. The van der Waals surface area contributed by atoms with Crippen LogP contribution in [0.2, 0.25) is 12.6 Å². The lowest BCUT2D eigenvalue weighted by molar-refractivity contribution is 0.467. The van der Waals surface area contributed by atoms with Crippen LogP contribution in [-0.4, -0.2) is 9.52 Å². The third kappa shape index (κ3) is 6.22. The summed E-state index contributed by atoms with van der Waals surface area (Å²) in [5, 5.41) is 0. The predicted octanol–water partition coefficient (Wildman–Crippen LogP) is 1.94. The molecule has 0 atom stereocenters. The molecule has 0 fully saturated rings. The van der Waals surface area contributed by atoms with Crippen molar-refractivity contribution in [3.8, 4) is 0 Å². The van der Waals surface area contributed by atoms with Gasteiger partial charge in [-0.3, -0.25) is 0 Å². The van der Waals surface area contributed by atoms with Crippen molar-refractivity contribution in [3.63, 3.8) is 0 Å². The Kier molecular flexibility index (Phi) is 2.58. The smallest absolute Gasteiger partial charge is 0.0252 e. The molecular weight excluding hydrogens is 100 g/mol. The molecular formula is C6H15Si. The van der Waals surface area contributed by atoms with Gasteiger partial charge in [0.1, 0.15) is 0 Å². The molecule has 0 aromatic rings. The first kappa shape index (κ1) is 7.22. The lowest BCUT2D eigenvalue weighted by Crippen LogP contribution is -2.05. The molecule has 0 N–H and O–H groups in total. The highest BCUT2D eigenvalue weighted by Crippen LogP contribution is 2.17. The zero-order valence-corrected chi connectivity index (χ0v) is 6.94. The second-order valence-corrected chi connectivity index (χ2v) is 4.40. The van der Waals surface area contributed by atoms with E-state index >= 15 is 0 Å². The Hall–Kier alpha value is 0.217. The van der Waals surface area contributed by atoms with Gasteiger partial charge in [-0.2, -0.15) is 0 Å². The molecule has 7 heavy (non-hydrogen) atoms. The van der Waals surface area contributed by atoms with Crippen molar-refractivity contribution in [2.45, 2.75) is 33.4 Å². The molecule has 0 saturated carbocycles. The van der Waals surface area contributed by atoms with Crippen LogP contribution in [0.1, 0.15) is 20.8 Å². The van der Waals surface area contributed by atoms with Gasteiger partial charge >= 0.3 is 0 Å². The number of hydrogen-bond acceptors (Lipinski definition) is 0. The van der Waals surface area contributed by atoms with E-state index < -0.39 is 0 Å². The van der Waals surface area contributed by atoms with Gasteiger partial charge in [0, 0.05) is 9.52 Å². The second kappa shape index (κ2) is 2.51. The quantitative estimate of drug-likeness (QED) is 0.458. The van der Waals surface area contributed by atoms with Crippen LogP contribution in [0.4, 0.5) is 0 Å². The highest BCUT2D eigenvalue weighted by atomic mass is 28.2. The van der Waals surface area contributed by atoms with Crippen LogP contribution < -0.4 is 0 Å². The molecule has 0 aromatic heterocycles. The van der Waals surface area contributed by atoms with E-state index in [1.807, 2.05) is 0 Å². The van der Waals surface area contributed by atoms with Crippen molar-refractivity contribution in [1.82, 2.24) is 0 Å². The maximum Gasteiger partial charge on any atom is 0.0252 e. The summed E-state index contributed by atoms with van der Waals surface area (Å²) in [6.07, 6.45) is 0. The third-order valence-corrected chi connectivity index (χ3v) is 2.45. The highest BCUT2D eigenvalue weighted by Gasteiger charge is 2.06. The van der Waals surface area contributed by atoms with Crippen molar-refractivity contribution in [2.24, 2.45) is 5.41 Å². The topological polar surface area (TPSA) is 0 Å². The number of rotatable bonds is 1. The maximum atomic E-state index is 2.31. The normalized spacial score (nSPS) is 12.0. The van der Waals surface area contributed by atoms with Gasteiger partial charge in [0.2, 0.25) is 0 Å². The van der Waals surface area contributed by atoms with E-state index in [1.54, 1.807) is 0 Å². The summed E-state index contributed by atoms with van der Waals surface area (Å²) in [6, 6.07) is 1.42. The van der Waals surface area contributed by atoms with E-state index in [0.717, 1.165) is 0 Å². The fourth-order valence-electron chi connectivity index (χ4n) is 0.612. The van der Waals surface area contributed by atoms with Gasteiger partial charge in [-0.15, -0.1) is 0 Å². The molecule has 0 aliphatic rings. The van der Waals surface area contributed by atoms with Crippen LogP contribution in [0, 0.1) is 5.41 Å². The fraction of sp³-hybridized carbons (Fsp3) is 1.00. The van der Waals surface area contributed by atoms with Gasteiger partial charge in [0.25, 0.3) is 0 Å². The summed E-state index contributed by atoms with van der Waals surface area (Å²) >= 11 is 0. The van der Waals surface area contributed by atoms with Crippen molar-refractivity contribution >= 4 is 9.52 Å². The van der Waals surface area contributed by atoms with Crippen molar-refractivity contribution in [3.05, 3.63) is 0 Å². The lowest BCUT2D eigenvalue weighted by atomic mass is 10.0. The Morgan fingerprint density at radius 3 is 1.71 bits per heavy atom. The van der Waals surface area contributed by atoms with Gasteiger partial charge in [-0.05, 0) is 5.41 Å². The standard InChI is InChI=1S/C6H15Si/c1-6(2,3)5-7-4/h7H,5H2,1-4H3. The fourth-order valence-corrected chi connectivity index (χ4v) is 1.84. The Bertz CT molecular complexity index is 42.6. The first-order valence-corrected chi connectivity index (χ1v) is 4.81. The van der Waals surface area contributed by atoms with E-state index in [-0.39, 0.29) is 0 Å². The Balaban J connectivity index is 3.15. The predicted molar refractivity (Wildman–Crippen MR) is 37.3 cm³/mol. The molecule has 0 rings (SSSR count). The summed E-state index contributed by atoms with van der Waals surface area (Å²) in [4.78, 5) is 0. The molecule has 43 valence electrons. The van der Waals surface area contributed by atoms with Crippen molar-refractivity contribution in [2.75, 3.05) is 0 Å². The number of hydrogen-bond donors (Lipinski definition) is 0. The van der Waals surface area contributed by atoms with Gasteiger partial charge in [0.15, 0.2) is 0 Å². The molecule has 1 heteroatoms. The van der Waals surface area contributed by atoms with Gasteiger partial charge in [-0.1, -0.05) is 33.4 Å². The largest absolute Gasteiger partial charge is 0.0741 e. The molecule has 1 radical (unpaired) electrons. The molecule has 0 unspecified atom stereocenters. The SMILES string of the molecule is C[SiH]CC(C)(C)C. The third-order valence-electron chi connectivity index (χ3n) is 0.816. The first-order chi connectivity index (χ1) is 3.06. The Morgan fingerprint density at radius 1 is 1.29 bits per heavy atom. The van der Waals surface area contributed by atoms with Crippen LogP contribution in [0.25, 0.3) is 0 Å². The van der Waals surface area contributed by atoms with Crippen LogP contribution >= 0.6 is 0 Å². The monoisotopic (exact) mass is 115 g/mol. The van der Waals surface area contributed by atoms with E-state index in [1.165, 1.54) is 6.04 Å². The van der Waals surface area contributed by atoms with Crippen LogP contribution in [-0.2, 0) is 0 Å². The zero-order valence-electron chi connectivity index (χ0n) is 5.78. The zero-order chi connectivity index (χ0) is 5.91. The van der Waals surface area contributed by atoms with Gasteiger partial charge < -0.3 is 0 Å². The van der Waals surface area contributed by atoms with Crippen LogP contribution in [0.15, 0.2) is 0 Å². The van der Waals surface area contributed by atoms with Crippen molar-refractivity contribution in [1.29, 1.82) is 0 Å². The van der Waals surface area contributed by atoms with Crippen LogP contribution in [0.5, 0.6) is 0 Å². The molecule has 0 aliphatic carbocycles. The Labute approximate surface area is 49.1 Å². The molecule has 0 nitrogen and oxygen atoms in total. The molecule has 0 saturated heterocycles. The van der Waals surface area contributed by atoms with E-state index in [2.05, 4.69) is 27.3 Å². The average molecular weight is 115 g/mol. The molecule has 0 spiro atoms. The summed E-state index contributed by atoms with van der Waals surface area (Å²) in [6.45, 7) is 9.20. The minimum atomic E-state index is 0.587. The summed E-state index contributed by atoms with van der Waals surface area (Å²) in [5.74, 6) is 0. The average Bonchev–Trinajstić information content (AvgIpc) is 1.30. The highest BCUT2D eigenvalue weighted by molar-refractivity contribution is 6.33. The summed E-state index contributed by atoms with van der Waals surface area (Å²) in [7, 11) is 0.709. The maximum absolute atomic E-state index is 2.31. The van der Waals surface area contributed by atoms with E-state index in [9.17, 15) is 0 Å². The van der Waals surface area contributed by atoms with Gasteiger partial charge in [0.05, 0.1) is 0 Å². The van der Waals surface area contributed by atoms with Gasteiger partial charge in [-0.25, -0.2) is 0 Å².